The van der Waals surface area contributed by atoms with Crippen molar-refractivity contribution >= 4 is 39.5 Å². The average molecular weight is 419 g/mol. The molecule has 1 heterocycles. The molecule has 8 nitrogen and oxygen atoms in total. The summed E-state index contributed by atoms with van der Waals surface area (Å²) in [5, 5.41) is 12.3. The Balaban J connectivity index is 1.90. The molecular weight excluding hydrogens is 404 g/mol. The number of benzene rings is 2. The highest BCUT2D eigenvalue weighted by atomic mass is 35.5. The van der Waals surface area contributed by atoms with Crippen LogP contribution >= 0.6 is 11.6 Å². The second kappa shape index (κ2) is 7.93. The van der Waals surface area contributed by atoms with Crippen molar-refractivity contribution in [3.8, 4) is 5.69 Å². The van der Waals surface area contributed by atoms with Crippen molar-refractivity contribution in [2.45, 2.75) is 11.3 Å². The van der Waals surface area contributed by atoms with Gasteiger partial charge in [0, 0.05) is 16.9 Å². The second-order valence-corrected chi connectivity index (χ2v) is 7.82. The molecule has 0 aliphatic heterocycles. The fourth-order valence-corrected chi connectivity index (χ4v) is 3.51. The number of amides is 1. The number of halogens is 1. The molecule has 0 bridgehead atoms. The van der Waals surface area contributed by atoms with Crippen LogP contribution in [0.5, 0.6) is 0 Å². The summed E-state index contributed by atoms with van der Waals surface area (Å²) in [6.07, 6.45) is 3.27. The number of sulfonamides is 1. The molecule has 2 aromatic carbocycles. The SMILES string of the molecule is NS(=O)(=O)c1cc(NC(=O)Cc2ccccc2Cl)ccc1-n1cc(C=O)cn1. The predicted octanol–water partition coefficient (Wildman–Crippen LogP) is 2.17. The predicted molar refractivity (Wildman–Crippen MR) is 104 cm³/mol. The lowest BCUT2D eigenvalue weighted by atomic mass is 10.1. The molecule has 3 aromatic rings. The van der Waals surface area contributed by atoms with E-state index in [1.807, 2.05) is 0 Å². The van der Waals surface area contributed by atoms with E-state index in [0.29, 0.717) is 16.9 Å². The number of anilines is 1. The number of carbonyl (C=O) groups is 2. The quantitative estimate of drug-likeness (QED) is 0.593. The van der Waals surface area contributed by atoms with Crippen molar-refractivity contribution in [1.29, 1.82) is 0 Å². The Bertz CT molecular complexity index is 1160. The van der Waals surface area contributed by atoms with E-state index in [0.717, 1.165) is 0 Å². The minimum atomic E-state index is -4.12. The molecule has 0 fully saturated rings. The Kier molecular flexibility index (Phi) is 5.59. The Morgan fingerprint density at radius 1 is 1.25 bits per heavy atom. The Hall–Kier alpha value is -3.01. The lowest BCUT2D eigenvalue weighted by Gasteiger charge is -2.12. The van der Waals surface area contributed by atoms with Gasteiger partial charge in [-0.1, -0.05) is 29.8 Å². The van der Waals surface area contributed by atoms with Crippen LogP contribution in [0.4, 0.5) is 5.69 Å². The van der Waals surface area contributed by atoms with Crippen LogP contribution in [-0.4, -0.2) is 30.4 Å². The molecule has 0 aliphatic rings. The van der Waals surface area contributed by atoms with Crippen LogP contribution < -0.4 is 10.5 Å². The van der Waals surface area contributed by atoms with Crippen LogP contribution in [0.15, 0.2) is 59.8 Å². The maximum absolute atomic E-state index is 12.3. The van der Waals surface area contributed by atoms with E-state index in [1.54, 1.807) is 24.3 Å². The first kappa shape index (κ1) is 19.7. The summed E-state index contributed by atoms with van der Waals surface area (Å²) < 4.78 is 25.2. The molecule has 0 unspecified atom stereocenters. The fourth-order valence-electron chi connectivity index (χ4n) is 2.56. The largest absolute Gasteiger partial charge is 0.326 e. The zero-order chi connectivity index (χ0) is 20.3. The number of nitrogens with one attached hydrogen (secondary N) is 1. The minimum Gasteiger partial charge on any atom is -0.326 e. The van der Waals surface area contributed by atoms with Crippen molar-refractivity contribution < 1.29 is 18.0 Å². The number of carbonyl (C=O) groups excluding carboxylic acids is 2. The summed E-state index contributed by atoms with van der Waals surface area (Å²) in [7, 11) is -4.12. The average Bonchev–Trinajstić information content (AvgIpc) is 3.12. The van der Waals surface area contributed by atoms with Crippen molar-refractivity contribution in [3.63, 3.8) is 0 Å². The highest BCUT2D eigenvalue weighted by molar-refractivity contribution is 7.89. The van der Waals surface area contributed by atoms with Crippen molar-refractivity contribution in [3.05, 3.63) is 71.0 Å². The Labute approximate surface area is 166 Å². The first-order valence-corrected chi connectivity index (χ1v) is 9.90. The van der Waals surface area contributed by atoms with Gasteiger partial charge in [0.1, 0.15) is 4.90 Å². The molecule has 28 heavy (non-hydrogen) atoms. The maximum Gasteiger partial charge on any atom is 0.240 e. The third kappa shape index (κ3) is 4.45. The van der Waals surface area contributed by atoms with Crippen LogP contribution in [0.2, 0.25) is 5.02 Å². The standard InChI is InChI=1S/C18H15ClN4O4S/c19-15-4-2-1-3-13(15)7-18(25)22-14-5-6-16(17(8-14)28(20,26)27)23-10-12(11-24)9-21-23/h1-6,8-11H,7H2,(H,22,25)(H2,20,26,27). The van der Waals surface area contributed by atoms with Crippen LogP contribution in [0.3, 0.4) is 0 Å². The topological polar surface area (TPSA) is 124 Å². The van der Waals surface area contributed by atoms with Gasteiger partial charge < -0.3 is 5.32 Å². The normalized spacial score (nSPS) is 11.2. The first-order valence-electron chi connectivity index (χ1n) is 7.98. The van der Waals surface area contributed by atoms with E-state index in [-0.39, 0.29) is 34.2 Å². The summed E-state index contributed by atoms with van der Waals surface area (Å²) in [6, 6.07) is 11.1. The number of hydrogen-bond acceptors (Lipinski definition) is 5. The van der Waals surface area contributed by atoms with Crippen molar-refractivity contribution in [2.24, 2.45) is 5.14 Å². The van der Waals surface area contributed by atoms with Gasteiger partial charge in [-0.25, -0.2) is 18.2 Å². The number of nitrogens with two attached hydrogens (primary N) is 1. The zero-order valence-corrected chi connectivity index (χ0v) is 15.9. The third-order valence-electron chi connectivity index (χ3n) is 3.84. The van der Waals surface area contributed by atoms with Gasteiger partial charge in [0.05, 0.1) is 23.9 Å². The number of primary sulfonamides is 1. The fraction of sp³-hybridized carbons (Fsp3) is 0.0556. The molecule has 3 rings (SSSR count). The summed E-state index contributed by atoms with van der Waals surface area (Å²) in [5.41, 5.74) is 1.31. The van der Waals surface area contributed by atoms with Gasteiger partial charge in [-0.2, -0.15) is 5.10 Å². The summed E-state index contributed by atoms with van der Waals surface area (Å²) in [5.74, 6) is -0.372. The van der Waals surface area contributed by atoms with Crippen LogP contribution in [-0.2, 0) is 21.2 Å². The lowest BCUT2D eigenvalue weighted by molar-refractivity contribution is -0.115. The molecule has 1 aromatic heterocycles. The molecule has 0 saturated carbocycles. The first-order chi connectivity index (χ1) is 13.3. The molecule has 10 heteroatoms. The van der Waals surface area contributed by atoms with E-state index < -0.39 is 10.0 Å². The van der Waals surface area contributed by atoms with Crippen LogP contribution in [0.25, 0.3) is 5.69 Å². The van der Waals surface area contributed by atoms with Crippen LogP contribution in [0.1, 0.15) is 15.9 Å². The minimum absolute atomic E-state index is 0.0218. The van der Waals surface area contributed by atoms with E-state index in [2.05, 4.69) is 10.4 Å². The maximum atomic E-state index is 12.3. The molecule has 1 amide bonds. The highest BCUT2D eigenvalue weighted by Crippen LogP contribution is 2.24. The van der Waals surface area contributed by atoms with Crippen LogP contribution in [0, 0.1) is 0 Å². The van der Waals surface area contributed by atoms with Gasteiger partial charge in [-0.05, 0) is 29.8 Å². The van der Waals surface area contributed by atoms with Crippen molar-refractivity contribution in [1.82, 2.24) is 9.78 Å². The molecule has 3 N–H and O–H groups in total. The number of hydrogen-bond donors (Lipinski definition) is 2. The molecule has 0 atom stereocenters. The van der Waals surface area contributed by atoms with E-state index in [4.69, 9.17) is 16.7 Å². The van der Waals surface area contributed by atoms with Crippen molar-refractivity contribution in [2.75, 3.05) is 5.32 Å². The summed E-state index contributed by atoms with van der Waals surface area (Å²) in [4.78, 5) is 22.9. The van der Waals surface area contributed by atoms with E-state index in [1.165, 1.54) is 35.3 Å². The monoisotopic (exact) mass is 418 g/mol. The smallest absolute Gasteiger partial charge is 0.240 e. The molecule has 0 spiro atoms. The Morgan fingerprint density at radius 3 is 2.64 bits per heavy atom. The highest BCUT2D eigenvalue weighted by Gasteiger charge is 2.18. The molecule has 144 valence electrons. The number of aromatic nitrogens is 2. The molecule has 0 saturated heterocycles. The van der Waals surface area contributed by atoms with Gasteiger partial charge >= 0.3 is 0 Å². The molecule has 0 radical (unpaired) electrons. The van der Waals surface area contributed by atoms with Gasteiger partial charge in [-0.15, -0.1) is 0 Å². The van der Waals surface area contributed by atoms with Gasteiger partial charge in [0.25, 0.3) is 0 Å². The van der Waals surface area contributed by atoms with E-state index >= 15 is 0 Å². The second-order valence-electron chi connectivity index (χ2n) is 5.88. The van der Waals surface area contributed by atoms with Gasteiger partial charge in [0.15, 0.2) is 6.29 Å². The molecular formula is C18H15ClN4O4S. The lowest BCUT2D eigenvalue weighted by Crippen LogP contribution is -2.18. The summed E-state index contributed by atoms with van der Waals surface area (Å²) >= 11 is 6.05. The number of rotatable bonds is 6. The molecule has 0 aliphatic carbocycles. The number of nitrogens with zero attached hydrogens (tertiary/aromatic N) is 2. The summed E-state index contributed by atoms with van der Waals surface area (Å²) in [6.45, 7) is 0. The van der Waals surface area contributed by atoms with E-state index in [9.17, 15) is 18.0 Å². The third-order valence-corrected chi connectivity index (χ3v) is 5.15. The Morgan fingerprint density at radius 2 is 2.00 bits per heavy atom. The number of aldehydes is 1. The van der Waals surface area contributed by atoms with Gasteiger partial charge in [0.2, 0.25) is 15.9 Å². The van der Waals surface area contributed by atoms with Gasteiger partial charge in [-0.3, -0.25) is 9.59 Å². The zero-order valence-electron chi connectivity index (χ0n) is 14.4.